The van der Waals surface area contributed by atoms with Crippen LogP contribution in [0.3, 0.4) is 0 Å². The predicted molar refractivity (Wildman–Crippen MR) is 69.4 cm³/mol. The zero-order chi connectivity index (χ0) is 11.2. The van der Waals surface area contributed by atoms with Crippen LogP contribution >= 0.6 is 12.4 Å². The Morgan fingerprint density at radius 3 is 2.94 bits per heavy atom. The van der Waals surface area contributed by atoms with Crippen molar-refractivity contribution in [2.24, 2.45) is 5.92 Å². The van der Waals surface area contributed by atoms with Gasteiger partial charge in [0.25, 0.3) is 0 Å². The van der Waals surface area contributed by atoms with Gasteiger partial charge >= 0.3 is 0 Å². The van der Waals surface area contributed by atoms with Gasteiger partial charge < -0.3 is 15.4 Å². The molecule has 2 heterocycles. The molecule has 1 amide bonds. The van der Waals surface area contributed by atoms with Crippen molar-refractivity contribution in [2.45, 2.75) is 38.2 Å². The number of rotatable bonds is 5. The van der Waals surface area contributed by atoms with Crippen LogP contribution in [0.2, 0.25) is 0 Å². The topological polar surface area (TPSA) is 50.4 Å². The fourth-order valence-corrected chi connectivity index (χ4v) is 2.42. The molecule has 4 nitrogen and oxygen atoms in total. The van der Waals surface area contributed by atoms with E-state index in [0.29, 0.717) is 18.9 Å². The largest absolute Gasteiger partial charge is 0.376 e. The van der Waals surface area contributed by atoms with Gasteiger partial charge in [-0.15, -0.1) is 12.4 Å². The molecular formula is C12H23ClN2O2. The first-order valence-corrected chi connectivity index (χ1v) is 6.43. The highest BCUT2D eigenvalue weighted by molar-refractivity contribution is 5.85. The first-order valence-electron chi connectivity index (χ1n) is 6.43. The maximum atomic E-state index is 11.6. The molecule has 2 unspecified atom stereocenters. The SMILES string of the molecule is Cl.O=C(CCC1CCNC1)NCC1CCCO1. The Kier molecular flexibility index (Phi) is 6.85. The van der Waals surface area contributed by atoms with Crippen LogP contribution in [0.1, 0.15) is 32.1 Å². The second-order valence-electron chi connectivity index (χ2n) is 4.84. The minimum Gasteiger partial charge on any atom is -0.376 e. The smallest absolute Gasteiger partial charge is 0.220 e. The molecule has 2 aliphatic heterocycles. The molecule has 0 saturated carbocycles. The summed E-state index contributed by atoms with van der Waals surface area (Å²) >= 11 is 0. The molecule has 100 valence electrons. The van der Waals surface area contributed by atoms with Gasteiger partial charge in [0, 0.05) is 19.6 Å². The van der Waals surface area contributed by atoms with Crippen molar-refractivity contribution in [3.05, 3.63) is 0 Å². The van der Waals surface area contributed by atoms with E-state index in [1.807, 2.05) is 0 Å². The summed E-state index contributed by atoms with van der Waals surface area (Å²) in [7, 11) is 0. The van der Waals surface area contributed by atoms with Crippen molar-refractivity contribution in [1.29, 1.82) is 0 Å². The molecule has 0 bridgehead atoms. The summed E-state index contributed by atoms with van der Waals surface area (Å²) in [6.45, 7) is 3.75. The van der Waals surface area contributed by atoms with E-state index in [0.717, 1.165) is 39.0 Å². The summed E-state index contributed by atoms with van der Waals surface area (Å²) in [4.78, 5) is 11.6. The Morgan fingerprint density at radius 1 is 1.41 bits per heavy atom. The van der Waals surface area contributed by atoms with Gasteiger partial charge in [-0.1, -0.05) is 0 Å². The lowest BCUT2D eigenvalue weighted by Gasteiger charge is -2.12. The monoisotopic (exact) mass is 262 g/mol. The van der Waals surface area contributed by atoms with Crippen LogP contribution in [0.25, 0.3) is 0 Å². The van der Waals surface area contributed by atoms with Gasteiger partial charge in [0.05, 0.1) is 6.10 Å². The summed E-state index contributed by atoms with van der Waals surface area (Å²) in [6.07, 6.45) is 5.39. The summed E-state index contributed by atoms with van der Waals surface area (Å²) in [6, 6.07) is 0. The Labute approximate surface area is 109 Å². The first-order chi connectivity index (χ1) is 7.84. The third kappa shape index (κ3) is 5.23. The van der Waals surface area contributed by atoms with E-state index in [-0.39, 0.29) is 24.4 Å². The van der Waals surface area contributed by atoms with Crippen LogP contribution in [-0.4, -0.2) is 38.3 Å². The lowest BCUT2D eigenvalue weighted by Crippen LogP contribution is -2.31. The second kappa shape index (κ2) is 7.90. The number of carbonyl (C=O) groups is 1. The van der Waals surface area contributed by atoms with E-state index < -0.39 is 0 Å². The highest BCUT2D eigenvalue weighted by Crippen LogP contribution is 2.14. The van der Waals surface area contributed by atoms with E-state index in [4.69, 9.17) is 4.74 Å². The molecule has 2 fully saturated rings. The van der Waals surface area contributed by atoms with Gasteiger partial charge in [-0.3, -0.25) is 4.79 Å². The molecule has 0 aromatic carbocycles. The van der Waals surface area contributed by atoms with Gasteiger partial charge in [0.2, 0.25) is 5.91 Å². The van der Waals surface area contributed by atoms with Crippen LogP contribution in [0.5, 0.6) is 0 Å². The molecule has 2 aliphatic rings. The number of halogens is 1. The van der Waals surface area contributed by atoms with Crippen LogP contribution in [0, 0.1) is 5.92 Å². The Balaban J connectivity index is 0.00000144. The molecule has 17 heavy (non-hydrogen) atoms. The summed E-state index contributed by atoms with van der Waals surface area (Å²) in [5.41, 5.74) is 0. The molecule has 0 aliphatic carbocycles. The van der Waals surface area contributed by atoms with Crippen molar-refractivity contribution in [1.82, 2.24) is 10.6 Å². The molecule has 0 aromatic rings. The van der Waals surface area contributed by atoms with E-state index in [1.54, 1.807) is 0 Å². The van der Waals surface area contributed by atoms with Crippen LogP contribution in [-0.2, 0) is 9.53 Å². The lowest BCUT2D eigenvalue weighted by atomic mass is 10.0. The molecule has 0 aromatic heterocycles. The summed E-state index contributed by atoms with van der Waals surface area (Å²) < 4.78 is 5.46. The van der Waals surface area contributed by atoms with Gasteiger partial charge in [0.1, 0.15) is 0 Å². The van der Waals surface area contributed by atoms with Crippen LogP contribution < -0.4 is 10.6 Å². The fourth-order valence-electron chi connectivity index (χ4n) is 2.42. The van der Waals surface area contributed by atoms with Crippen molar-refractivity contribution in [3.8, 4) is 0 Å². The summed E-state index contributed by atoms with van der Waals surface area (Å²) in [5, 5.41) is 6.29. The molecule has 0 radical (unpaired) electrons. The van der Waals surface area contributed by atoms with Gasteiger partial charge in [0.15, 0.2) is 0 Å². The number of nitrogens with one attached hydrogen (secondary N) is 2. The number of hydrogen-bond acceptors (Lipinski definition) is 3. The predicted octanol–water partition coefficient (Wildman–Crippen LogP) is 1.09. The number of ether oxygens (including phenoxy) is 1. The van der Waals surface area contributed by atoms with Crippen LogP contribution in [0.15, 0.2) is 0 Å². The van der Waals surface area contributed by atoms with Crippen molar-refractivity contribution >= 4 is 18.3 Å². The average Bonchev–Trinajstić information content (AvgIpc) is 2.96. The first kappa shape index (κ1) is 14.7. The Morgan fingerprint density at radius 2 is 2.29 bits per heavy atom. The standard InChI is InChI=1S/C12H22N2O2.ClH/c15-12(4-3-10-5-6-13-8-10)14-9-11-2-1-7-16-11;/h10-11,13H,1-9H2,(H,14,15);1H. The van der Waals surface area contributed by atoms with Gasteiger partial charge in [-0.05, 0) is 44.7 Å². The molecule has 2 atom stereocenters. The van der Waals surface area contributed by atoms with E-state index >= 15 is 0 Å². The third-order valence-electron chi connectivity index (χ3n) is 3.49. The maximum Gasteiger partial charge on any atom is 0.220 e. The van der Waals surface area contributed by atoms with Gasteiger partial charge in [-0.25, -0.2) is 0 Å². The highest BCUT2D eigenvalue weighted by atomic mass is 35.5. The van der Waals surface area contributed by atoms with Crippen molar-refractivity contribution < 1.29 is 9.53 Å². The third-order valence-corrected chi connectivity index (χ3v) is 3.49. The van der Waals surface area contributed by atoms with E-state index in [9.17, 15) is 4.79 Å². The molecule has 2 N–H and O–H groups in total. The minimum absolute atomic E-state index is 0. The zero-order valence-electron chi connectivity index (χ0n) is 10.2. The zero-order valence-corrected chi connectivity index (χ0v) is 11.1. The minimum atomic E-state index is 0. The number of hydrogen-bond donors (Lipinski definition) is 2. The quantitative estimate of drug-likeness (QED) is 0.780. The van der Waals surface area contributed by atoms with E-state index in [1.165, 1.54) is 6.42 Å². The van der Waals surface area contributed by atoms with Crippen LogP contribution in [0.4, 0.5) is 0 Å². The molecular weight excluding hydrogens is 240 g/mol. The van der Waals surface area contributed by atoms with Gasteiger partial charge in [-0.2, -0.15) is 0 Å². The maximum absolute atomic E-state index is 11.6. The average molecular weight is 263 g/mol. The van der Waals surface area contributed by atoms with Crippen molar-refractivity contribution in [3.63, 3.8) is 0 Å². The molecule has 0 spiro atoms. The second-order valence-corrected chi connectivity index (χ2v) is 4.84. The molecule has 2 rings (SSSR count). The molecule has 2 saturated heterocycles. The number of amides is 1. The normalized spacial score (nSPS) is 27.8. The highest BCUT2D eigenvalue weighted by Gasteiger charge is 2.18. The van der Waals surface area contributed by atoms with E-state index in [2.05, 4.69) is 10.6 Å². The summed E-state index contributed by atoms with van der Waals surface area (Å²) in [5.74, 6) is 0.885. The Bertz CT molecular complexity index is 205. The number of carbonyl (C=O) groups excluding carboxylic acids is 1. The fraction of sp³-hybridized carbons (Fsp3) is 0.917. The lowest BCUT2D eigenvalue weighted by molar-refractivity contribution is -0.121. The molecule has 5 heteroatoms. The Hall–Kier alpha value is -0.320. The van der Waals surface area contributed by atoms with Crippen molar-refractivity contribution in [2.75, 3.05) is 26.2 Å².